The minimum Gasteiger partial charge on any atom is -0.381 e. The average molecular weight is 762 g/mol. The maximum atomic E-state index is 12.3. The molecule has 0 spiro atoms. The fourth-order valence-electron chi connectivity index (χ4n) is 5.60. The highest BCUT2D eigenvalue weighted by Gasteiger charge is 2.25. The molecule has 10 heteroatoms. The Labute approximate surface area is 323 Å². The Balaban J connectivity index is -0.000000534. The quantitative estimate of drug-likeness (QED) is 0.0840. The molecule has 0 aliphatic carbocycles. The smallest absolute Gasteiger partial charge is 0.298 e. The summed E-state index contributed by atoms with van der Waals surface area (Å²) in [5.74, 6) is -0.128. The minimum atomic E-state index is -3.91. The van der Waals surface area contributed by atoms with Crippen LogP contribution in [0, 0.1) is 5.92 Å². The van der Waals surface area contributed by atoms with E-state index in [2.05, 4.69) is 33.8 Å². The molecule has 9 nitrogen and oxygen atoms in total. The van der Waals surface area contributed by atoms with Crippen LogP contribution in [0.3, 0.4) is 0 Å². The number of nitrogens with one attached hydrogen (secondary N) is 1. The first-order valence-electron chi connectivity index (χ1n) is 16.8. The van der Waals surface area contributed by atoms with Crippen molar-refractivity contribution < 1.29 is 37.9 Å². The van der Waals surface area contributed by atoms with E-state index in [9.17, 15) is 22.8 Å². The summed E-state index contributed by atoms with van der Waals surface area (Å²) in [6.07, 6.45) is 7.12. The van der Waals surface area contributed by atoms with Crippen LogP contribution >= 0.6 is 0 Å². The van der Waals surface area contributed by atoms with Crippen molar-refractivity contribution >= 4 is 33.3 Å². The Hall–Kier alpha value is -3.70. The second kappa shape index (κ2) is 29.7. The fourth-order valence-corrected chi connectivity index (χ4v) is 6.41. The second-order valence-corrected chi connectivity index (χ2v) is 13.7. The molecule has 0 radical (unpaired) electrons. The van der Waals surface area contributed by atoms with Crippen LogP contribution in [-0.4, -0.2) is 59.4 Å². The molecule has 302 valence electrons. The van der Waals surface area contributed by atoms with Crippen molar-refractivity contribution in [3.8, 4) is 0 Å². The number of carbonyl (C=O) groups excluding carboxylic acids is 3. The zero-order valence-corrected chi connectivity index (χ0v) is 30.4. The van der Waals surface area contributed by atoms with E-state index in [4.69, 9.17) is 9.47 Å². The molecule has 0 saturated heterocycles. The van der Waals surface area contributed by atoms with Gasteiger partial charge >= 0.3 is 0 Å². The molecular weight excluding hydrogens is 691 g/mol. The molecule has 0 fully saturated rings. The monoisotopic (exact) mass is 761 g/mol. The van der Waals surface area contributed by atoms with Crippen LogP contribution in [0.25, 0.3) is 0 Å². The Bertz CT molecular complexity index is 1520. The summed E-state index contributed by atoms with van der Waals surface area (Å²) in [4.78, 5) is 35.5. The molecule has 1 amide bonds. The van der Waals surface area contributed by atoms with Gasteiger partial charge in [-0.1, -0.05) is 115 Å². The highest BCUT2D eigenvalue weighted by Crippen LogP contribution is 2.24. The maximum Gasteiger partial charge on any atom is 0.298 e. The number of ketones is 2. The van der Waals surface area contributed by atoms with Crippen LogP contribution in [0.1, 0.15) is 107 Å². The van der Waals surface area contributed by atoms with Gasteiger partial charge in [-0.3, -0.25) is 18.6 Å². The number of hydrogen-bond donors (Lipinski definition) is 1. The van der Waals surface area contributed by atoms with E-state index in [1.54, 1.807) is 40.2 Å². The SMILES string of the molecule is C.C.C.C.COC(CCc1ccccc1)C(CCCCCC(=O)Nc1ccccc1S(=O)(=O)OC)C(C)=O.COC(CCc1ccccc1)CC(C)=O.[HH]. The number of aryl methyl sites for hydroxylation is 2. The number of methoxy groups -OCH3 is 2. The fraction of sp³-hybridized carbons (Fsp3) is 0.512. The summed E-state index contributed by atoms with van der Waals surface area (Å²) < 4.78 is 39.5. The molecule has 3 unspecified atom stereocenters. The third-order valence-corrected chi connectivity index (χ3v) is 9.68. The molecule has 0 aliphatic heterocycles. The van der Waals surface area contributed by atoms with Gasteiger partial charge in [-0.2, -0.15) is 8.42 Å². The zero-order chi connectivity index (χ0) is 36.1. The normalized spacial score (nSPS) is 12.0. The lowest BCUT2D eigenvalue weighted by Crippen LogP contribution is -2.29. The molecule has 3 atom stereocenters. The highest BCUT2D eigenvalue weighted by atomic mass is 32.2. The highest BCUT2D eigenvalue weighted by molar-refractivity contribution is 7.87. The van der Waals surface area contributed by atoms with Crippen molar-refractivity contribution in [3.05, 3.63) is 96.1 Å². The van der Waals surface area contributed by atoms with E-state index in [1.165, 1.54) is 23.3 Å². The molecule has 0 heterocycles. The van der Waals surface area contributed by atoms with Crippen LogP contribution < -0.4 is 5.32 Å². The van der Waals surface area contributed by atoms with Gasteiger partial charge < -0.3 is 14.8 Å². The van der Waals surface area contributed by atoms with Crippen molar-refractivity contribution in [1.82, 2.24) is 0 Å². The van der Waals surface area contributed by atoms with Gasteiger partial charge in [-0.25, -0.2) is 0 Å². The van der Waals surface area contributed by atoms with Gasteiger partial charge in [0.1, 0.15) is 16.5 Å². The van der Waals surface area contributed by atoms with Crippen molar-refractivity contribution in [2.75, 3.05) is 26.6 Å². The van der Waals surface area contributed by atoms with E-state index < -0.39 is 10.1 Å². The number of para-hydroxylation sites is 1. The molecule has 3 aromatic rings. The predicted octanol–water partition coefficient (Wildman–Crippen LogP) is 10.2. The Kier molecular flexibility index (Phi) is 30.1. The average Bonchev–Trinajstić information content (AvgIpc) is 3.10. The molecule has 3 aromatic carbocycles. The van der Waals surface area contributed by atoms with Crippen LogP contribution in [0.2, 0.25) is 0 Å². The lowest BCUT2D eigenvalue weighted by molar-refractivity contribution is -0.126. The van der Waals surface area contributed by atoms with Gasteiger partial charge in [0, 0.05) is 34.4 Å². The number of unbranched alkanes of at least 4 members (excludes halogenated alkanes) is 2. The summed E-state index contributed by atoms with van der Waals surface area (Å²) in [5.41, 5.74) is 2.72. The maximum absolute atomic E-state index is 12.3. The van der Waals surface area contributed by atoms with E-state index in [-0.39, 0.29) is 83.7 Å². The van der Waals surface area contributed by atoms with Crippen LogP contribution in [0.15, 0.2) is 89.8 Å². The first kappa shape index (κ1) is 53.7. The molecular formula is C43H71NO8S. The van der Waals surface area contributed by atoms with E-state index >= 15 is 0 Å². The Morgan fingerprint density at radius 3 is 1.70 bits per heavy atom. The number of amides is 1. The molecule has 3 rings (SSSR count). The largest absolute Gasteiger partial charge is 0.381 e. The first-order valence-corrected chi connectivity index (χ1v) is 18.2. The first-order chi connectivity index (χ1) is 23.5. The van der Waals surface area contributed by atoms with E-state index in [0.29, 0.717) is 19.3 Å². The Morgan fingerprint density at radius 1 is 0.679 bits per heavy atom. The molecule has 53 heavy (non-hydrogen) atoms. The summed E-state index contributed by atoms with van der Waals surface area (Å²) in [6, 6.07) is 26.5. The van der Waals surface area contributed by atoms with Crippen molar-refractivity contribution in [2.45, 2.75) is 125 Å². The number of rotatable bonds is 21. The molecule has 0 saturated carbocycles. The zero-order valence-electron chi connectivity index (χ0n) is 29.6. The summed E-state index contributed by atoms with van der Waals surface area (Å²) in [5, 5.41) is 2.66. The van der Waals surface area contributed by atoms with Gasteiger partial charge in [0.15, 0.2) is 0 Å². The van der Waals surface area contributed by atoms with Crippen LogP contribution in [-0.2, 0) is 51.0 Å². The molecule has 0 bridgehead atoms. The standard InChI is InChI=1S/C26H35NO6S.C13H18O2.4CH4.H2/c1-20(28)22(24(32-2)19-18-21-12-6-4-7-13-21)14-8-5-9-17-26(29)27-23-15-10-11-16-25(23)34(30,31)33-3;1-11(14)10-13(15-2)9-8-12-6-4-3-5-7-12;;;;;/h4,6-7,10-13,15-16,22,24H,5,8-9,14,17-19H2,1-3H3,(H,27,29);3-7,13H,8-10H2,1-2H3;4*1H4;1H. The minimum absolute atomic E-state index is 0. The molecule has 0 aliphatic rings. The summed E-state index contributed by atoms with van der Waals surface area (Å²) in [6.45, 7) is 3.21. The summed E-state index contributed by atoms with van der Waals surface area (Å²) in [7, 11) is 0.484. The predicted molar refractivity (Wildman–Crippen MR) is 222 cm³/mol. The van der Waals surface area contributed by atoms with Crippen molar-refractivity contribution in [3.63, 3.8) is 0 Å². The van der Waals surface area contributed by atoms with Gasteiger partial charge in [-0.05, 0) is 75.6 Å². The van der Waals surface area contributed by atoms with Gasteiger partial charge in [-0.15, -0.1) is 0 Å². The second-order valence-electron chi connectivity index (χ2n) is 12.1. The number of hydrogen-bond acceptors (Lipinski definition) is 8. The van der Waals surface area contributed by atoms with Gasteiger partial charge in [0.05, 0.1) is 25.0 Å². The lowest BCUT2D eigenvalue weighted by atomic mass is 9.88. The van der Waals surface area contributed by atoms with E-state index in [1.807, 2.05) is 36.4 Å². The van der Waals surface area contributed by atoms with Crippen molar-refractivity contribution in [1.29, 1.82) is 0 Å². The number of ether oxygens (including phenoxy) is 2. The molecule has 0 aromatic heterocycles. The van der Waals surface area contributed by atoms with E-state index in [0.717, 1.165) is 45.6 Å². The lowest BCUT2D eigenvalue weighted by Gasteiger charge is -2.24. The number of benzene rings is 3. The third-order valence-electron chi connectivity index (χ3n) is 8.35. The van der Waals surface area contributed by atoms with Gasteiger partial charge in [0.2, 0.25) is 5.91 Å². The topological polar surface area (TPSA) is 125 Å². The number of anilines is 1. The summed E-state index contributed by atoms with van der Waals surface area (Å²) >= 11 is 0. The van der Waals surface area contributed by atoms with Crippen LogP contribution in [0.5, 0.6) is 0 Å². The third kappa shape index (κ3) is 21.0. The van der Waals surface area contributed by atoms with Crippen LogP contribution in [0.4, 0.5) is 5.69 Å². The number of Topliss-reactive ketones (excluding diaryl/α,β-unsaturated/α-hetero) is 2. The van der Waals surface area contributed by atoms with Gasteiger partial charge in [0.25, 0.3) is 10.1 Å². The van der Waals surface area contributed by atoms with Crippen molar-refractivity contribution in [2.24, 2.45) is 5.92 Å². The Morgan fingerprint density at radius 2 is 1.21 bits per heavy atom. The number of carbonyl (C=O) groups is 3. The molecule has 1 N–H and O–H groups in total.